The van der Waals surface area contributed by atoms with E-state index in [9.17, 15) is 4.39 Å². The van der Waals surface area contributed by atoms with Crippen molar-refractivity contribution < 1.29 is 4.39 Å². The van der Waals surface area contributed by atoms with Gasteiger partial charge in [0.25, 0.3) is 0 Å². The van der Waals surface area contributed by atoms with Gasteiger partial charge in [0.2, 0.25) is 0 Å². The first kappa shape index (κ1) is 10.4. The van der Waals surface area contributed by atoms with Gasteiger partial charge in [0.05, 0.1) is 0 Å². The minimum absolute atomic E-state index is 0.260. The first-order valence-corrected chi connectivity index (χ1v) is 4.73. The van der Waals surface area contributed by atoms with Crippen molar-refractivity contribution in [2.24, 2.45) is 5.84 Å². The Morgan fingerprint density at radius 2 is 1.81 bits per heavy atom. The second-order valence-electron chi connectivity index (χ2n) is 3.21. The van der Waals surface area contributed by atoms with Crippen molar-refractivity contribution in [3.05, 3.63) is 48.4 Å². The van der Waals surface area contributed by atoms with Gasteiger partial charge in [-0.15, -0.1) is 0 Å². The first-order valence-electron chi connectivity index (χ1n) is 4.73. The van der Waals surface area contributed by atoms with Crippen molar-refractivity contribution in [2.75, 3.05) is 10.7 Å². The lowest BCUT2D eigenvalue weighted by Crippen LogP contribution is -2.08. The molecule has 0 aliphatic carbocycles. The number of hydrogen-bond acceptors (Lipinski definition) is 4. The van der Waals surface area contributed by atoms with Crippen molar-refractivity contribution in [2.45, 2.75) is 0 Å². The molecule has 0 atom stereocenters. The Morgan fingerprint density at radius 3 is 2.50 bits per heavy atom. The molecule has 2 rings (SSSR count). The Kier molecular flexibility index (Phi) is 2.98. The molecular formula is C11H11FN4. The Bertz CT molecular complexity index is 470. The van der Waals surface area contributed by atoms with Crippen LogP contribution in [0.4, 0.5) is 21.6 Å². The number of aromatic nitrogens is 1. The molecule has 0 aliphatic rings. The fourth-order valence-corrected chi connectivity index (χ4v) is 1.29. The zero-order valence-corrected chi connectivity index (χ0v) is 8.44. The van der Waals surface area contributed by atoms with Gasteiger partial charge in [0.1, 0.15) is 11.6 Å². The van der Waals surface area contributed by atoms with Crippen molar-refractivity contribution >= 4 is 17.2 Å². The molecule has 0 unspecified atom stereocenters. The summed E-state index contributed by atoms with van der Waals surface area (Å²) >= 11 is 0. The molecule has 0 amide bonds. The molecule has 82 valence electrons. The topological polar surface area (TPSA) is 63.0 Å². The summed E-state index contributed by atoms with van der Waals surface area (Å²) < 4.78 is 12.7. The molecule has 0 aliphatic heterocycles. The van der Waals surface area contributed by atoms with Crippen LogP contribution in [0.2, 0.25) is 0 Å². The number of rotatable bonds is 3. The molecule has 4 N–H and O–H groups in total. The summed E-state index contributed by atoms with van der Waals surface area (Å²) in [4.78, 5) is 3.98. The average molecular weight is 218 g/mol. The molecule has 2 aromatic rings. The van der Waals surface area contributed by atoms with Crippen LogP contribution in [0, 0.1) is 5.82 Å². The second-order valence-corrected chi connectivity index (χ2v) is 3.21. The van der Waals surface area contributed by atoms with Crippen LogP contribution in [0.15, 0.2) is 42.6 Å². The van der Waals surface area contributed by atoms with Crippen molar-refractivity contribution in [3.63, 3.8) is 0 Å². The molecule has 0 radical (unpaired) electrons. The maximum atomic E-state index is 12.7. The molecule has 4 nitrogen and oxygen atoms in total. The number of halogens is 1. The van der Waals surface area contributed by atoms with Gasteiger partial charge in [-0.2, -0.15) is 0 Å². The van der Waals surface area contributed by atoms with Gasteiger partial charge < -0.3 is 10.7 Å². The smallest absolute Gasteiger partial charge is 0.141 e. The first-order chi connectivity index (χ1) is 7.78. The summed E-state index contributed by atoms with van der Waals surface area (Å²) in [6, 6.07) is 9.65. The third kappa shape index (κ3) is 2.46. The van der Waals surface area contributed by atoms with Gasteiger partial charge in [0.15, 0.2) is 0 Å². The van der Waals surface area contributed by atoms with Crippen LogP contribution < -0.4 is 16.6 Å². The number of nitrogen functional groups attached to an aromatic ring is 1. The molecule has 0 spiro atoms. The average Bonchev–Trinajstić information content (AvgIpc) is 2.32. The lowest BCUT2D eigenvalue weighted by atomic mass is 10.3. The Hall–Kier alpha value is -2.14. The number of benzene rings is 1. The zero-order valence-electron chi connectivity index (χ0n) is 8.44. The van der Waals surface area contributed by atoms with E-state index in [2.05, 4.69) is 15.7 Å². The Labute approximate surface area is 92.3 Å². The van der Waals surface area contributed by atoms with Gasteiger partial charge in [-0.25, -0.2) is 15.2 Å². The fourth-order valence-electron chi connectivity index (χ4n) is 1.29. The monoisotopic (exact) mass is 218 g/mol. The van der Waals surface area contributed by atoms with E-state index >= 15 is 0 Å². The van der Waals surface area contributed by atoms with Crippen LogP contribution in [-0.4, -0.2) is 4.98 Å². The highest BCUT2D eigenvalue weighted by molar-refractivity contribution is 5.62. The van der Waals surface area contributed by atoms with Gasteiger partial charge >= 0.3 is 0 Å². The standard InChI is InChI=1S/C11H11FN4/c12-8-1-3-9(4-2-8)15-10-5-6-14-11(7-10)16-13/h1-7H,13H2,(H2,14,15,16). The molecular weight excluding hydrogens is 207 g/mol. The van der Waals surface area contributed by atoms with Crippen LogP contribution in [-0.2, 0) is 0 Å². The van der Waals surface area contributed by atoms with Crippen LogP contribution in [0.1, 0.15) is 0 Å². The Balaban J connectivity index is 2.16. The molecule has 0 saturated carbocycles. The molecule has 0 bridgehead atoms. The summed E-state index contributed by atoms with van der Waals surface area (Å²) in [7, 11) is 0. The summed E-state index contributed by atoms with van der Waals surface area (Å²) in [5.41, 5.74) is 4.08. The molecule has 1 heterocycles. The van der Waals surface area contributed by atoms with E-state index in [1.807, 2.05) is 0 Å². The van der Waals surface area contributed by atoms with Crippen LogP contribution in [0.3, 0.4) is 0 Å². The predicted molar refractivity (Wildman–Crippen MR) is 61.7 cm³/mol. The highest BCUT2D eigenvalue weighted by atomic mass is 19.1. The minimum atomic E-state index is -0.260. The van der Waals surface area contributed by atoms with Crippen molar-refractivity contribution in [1.82, 2.24) is 4.98 Å². The highest BCUT2D eigenvalue weighted by Crippen LogP contribution is 2.18. The van der Waals surface area contributed by atoms with Gasteiger partial charge in [-0.3, -0.25) is 0 Å². The number of pyridine rings is 1. The lowest BCUT2D eigenvalue weighted by Gasteiger charge is -2.07. The second kappa shape index (κ2) is 4.59. The SMILES string of the molecule is NNc1cc(Nc2ccc(F)cc2)ccn1. The maximum absolute atomic E-state index is 12.7. The van der Waals surface area contributed by atoms with E-state index in [0.717, 1.165) is 11.4 Å². The van der Waals surface area contributed by atoms with Gasteiger partial charge in [-0.1, -0.05) is 0 Å². The number of hydrogen-bond donors (Lipinski definition) is 3. The van der Waals surface area contributed by atoms with Gasteiger partial charge in [0, 0.05) is 23.6 Å². The molecule has 1 aromatic heterocycles. The number of nitrogens with zero attached hydrogens (tertiary/aromatic N) is 1. The largest absolute Gasteiger partial charge is 0.355 e. The summed E-state index contributed by atoms with van der Waals surface area (Å²) in [6.07, 6.45) is 1.63. The molecule has 5 heteroatoms. The fraction of sp³-hybridized carbons (Fsp3) is 0. The van der Waals surface area contributed by atoms with E-state index in [-0.39, 0.29) is 5.82 Å². The quantitative estimate of drug-likeness (QED) is 0.546. The lowest BCUT2D eigenvalue weighted by molar-refractivity contribution is 0.628. The van der Waals surface area contributed by atoms with Crippen LogP contribution in [0.25, 0.3) is 0 Å². The number of nitrogens with one attached hydrogen (secondary N) is 2. The maximum Gasteiger partial charge on any atom is 0.141 e. The normalized spacial score (nSPS) is 9.88. The van der Waals surface area contributed by atoms with E-state index in [1.54, 1.807) is 30.5 Å². The minimum Gasteiger partial charge on any atom is -0.355 e. The molecule has 0 fully saturated rings. The van der Waals surface area contributed by atoms with Crippen molar-refractivity contribution in [3.8, 4) is 0 Å². The summed E-state index contributed by atoms with van der Waals surface area (Å²) in [6.45, 7) is 0. The third-order valence-electron chi connectivity index (χ3n) is 2.04. The van der Waals surface area contributed by atoms with E-state index in [0.29, 0.717) is 5.82 Å². The van der Waals surface area contributed by atoms with E-state index in [1.165, 1.54) is 12.1 Å². The molecule has 1 aromatic carbocycles. The van der Waals surface area contributed by atoms with E-state index < -0.39 is 0 Å². The number of hydrazine groups is 1. The Morgan fingerprint density at radius 1 is 1.06 bits per heavy atom. The summed E-state index contributed by atoms with van der Waals surface area (Å²) in [5.74, 6) is 5.54. The number of anilines is 3. The van der Waals surface area contributed by atoms with Crippen LogP contribution >= 0.6 is 0 Å². The van der Waals surface area contributed by atoms with Gasteiger partial charge in [-0.05, 0) is 30.3 Å². The zero-order chi connectivity index (χ0) is 11.4. The third-order valence-corrected chi connectivity index (χ3v) is 2.04. The highest BCUT2D eigenvalue weighted by Gasteiger charge is 1.97. The predicted octanol–water partition coefficient (Wildman–Crippen LogP) is 2.25. The van der Waals surface area contributed by atoms with Crippen molar-refractivity contribution in [1.29, 1.82) is 0 Å². The molecule has 0 saturated heterocycles. The van der Waals surface area contributed by atoms with E-state index in [4.69, 9.17) is 5.84 Å². The summed E-state index contributed by atoms with van der Waals surface area (Å²) in [5, 5.41) is 3.10. The molecule has 16 heavy (non-hydrogen) atoms. The number of nitrogens with two attached hydrogens (primary N) is 1. The van der Waals surface area contributed by atoms with Crippen LogP contribution in [0.5, 0.6) is 0 Å².